The molecule has 2 fully saturated rings. The molecule has 4 heteroatoms. The van der Waals surface area contributed by atoms with Gasteiger partial charge in [-0.15, -0.1) is 0 Å². The summed E-state index contributed by atoms with van der Waals surface area (Å²) in [6.45, 7) is 4.21. The molecular weight excluding hydrogens is 214 g/mol. The molecule has 0 bridgehead atoms. The predicted molar refractivity (Wildman–Crippen MR) is 65.9 cm³/mol. The molecule has 1 aromatic rings. The Bertz CT molecular complexity index is 464. The fraction of sp³-hybridized carbons (Fsp3) is 0.692. The van der Waals surface area contributed by atoms with Gasteiger partial charge in [0.2, 0.25) is 0 Å². The standard InChI is InChI=1S/C13H19N3O/c1-9-14-11(7-13(17)15-9)12-3-2-6-16(12)8-10-4-5-10/h7,10,12H,2-6,8H2,1H3,(H,14,15,17)/t12-/m0/s1. The van der Waals surface area contributed by atoms with Crippen molar-refractivity contribution in [2.24, 2.45) is 5.92 Å². The van der Waals surface area contributed by atoms with E-state index in [-0.39, 0.29) is 5.56 Å². The van der Waals surface area contributed by atoms with Gasteiger partial charge in [0.1, 0.15) is 5.82 Å². The van der Waals surface area contributed by atoms with E-state index in [1.807, 2.05) is 6.92 Å². The molecule has 1 atom stereocenters. The van der Waals surface area contributed by atoms with Gasteiger partial charge < -0.3 is 4.98 Å². The second-order valence-corrected chi connectivity index (χ2v) is 5.35. The van der Waals surface area contributed by atoms with Crippen molar-refractivity contribution in [2.45, 2.75) is 38.6 Å². The predicted octanol–water partition coefficient (Wildman–Crippen LogP) is 1.63. The quantitative estimate of drug-likeness (QED) is 0.863. The lowest BCUT2D eigenvalue weighted by Gasteiger charge is -2.23. The molecule has 4 nitrogen and oxygen atoms in total. The van der Waals surface area contributed by atoms with Crippen molar-refractivity contribution in [2.75, 3.05) is 13.1 Å². The molecule has 2 aliphatic rings. The van der Waals surface area contributed by atoms with Gasteiger partial charge in [0.05, 0.1) is 11.7 Å². The zero-order valence-corrected chi connectivity index (χ0v) is 10.3. The van der Waals surface area contributed by atoms with Gasteiger partial charge in [0.25, 0.3) is 5.56 Å². The van der Waals surface area contributed by atoms with Crippen LogP contribution in [0.2, 0.25) is 0 Å². The SMILES string of the molecule is Cc1nc([C@@H]2CCCN2CC2CC2)cc(=O)[nH]1. The largest absolute Gasteiger partial charge is 0.311 e. The minimum absolute atomic E-state index is 0.0224. The Balaban J connectivity index is 1.82. The Morgan fingerprint density at radius 3 is 3.00 bits per heavy atom. The maximum atomic E-state index is 11.5. The average Bonchev–Trinajstić information content (AvgIpc) is 2.93. The van der Waals surface area contributed by atoms with Crippen LogP contribution >= 0.6 is 0 Å². The molecular formula is C13H19N3O. The summed E-state index contributed by atoms with van der Waals surface area (Å²) in [4.78, 5) is 21.2. The van der Waals surface area contributed by atoms with Crippen LogP contribution in [0.25, 0.3) is 0 Å². The Morgan fingerprint density at radius 2 is 2.29 bits per heavy atom. The molecule has 1 N–H and O–H groups in total. The first-order chi connectivity index (χ1) is 8.22. The van der Waals surface area contributed by atoms with E-state index >= 15 is 0 Å². The van der Waals surface area contributed by atoms with Crippen LogP contribution in [-0.4, -0.2) is 28.0 Å². The highest BCUT2D eigenvalue weighted by molar-refractivity contribution is 5.10. The van der Waals surface area contributed by atoms with Crippen molar-refractivity contribution in [1.82, 2.24) is 14.9 Å². The molecule has 17 heavy (non-hydrogen) atoms. The van der Waals surface area contributed by atoms with Gasteiger partial charge in [-0.1, -0.05) is 0 Å². The highest BCUT2D eigenvalue weighted by Crippen LogP contribution is 2.36. The van der Waals surface area contributed by atoms with Crippen molar-refractivity contribution in [3.8, 4) is 0 Å². The number of aromatic amines is 1. The molecule has 1 aliphatic heterocycles. The first kappa shape index (κ1) is 11.0. The first-order valence-electron chi connectivity index (χ1n) is 6.54. The van der Waals surface area contributed by atoms with E-state index in [4.69, 9.17) is 0 Å². The van der Waals surface area contributed by atoms with Crippen molar-refractivity contribution in [1.29, 1.82) is 0 Å². The molecule has 0 spiro atoms. The zero-order chi connectivity index (χ0) is 11.8. The van der Waals surface area contributed by atoms with Gasteiger partial charge in [-0.2, -0.15) is 0 Å². The van der Waals surface area contributed by atoms with E-state index in [0.717, 1.165) is 30.4 Å². The third-order valence-corrected chi connectivity index (χ3v) is 3.77. The number of likely N-dealkylation sites (tertiary alicyclic amines) is 1. The number of hydrogen-bond donors (Lipinski definition) is 1. The maximum absolute atomic E-state index is 11.5. The number of aryl methyl sites for hydroxylation is 1. The van der Waals surface area contributed by atoms with Crippen molar-refractivity contribution in [3.63, 3.8) is 0 Å². The van der Waals surface area contributed by atoms with Gasteiger partial charge in [0, 0.05) is 12.6 Å². The molecule has 1 saturated heterocycles. The summed E-state index contributed by atoms with van der Waals surface area (Å²) in [7, 11) is 0. The minimum atomic E-state index is -0.0224. The fourth-order valence-corrected chi connectivity index (χ4v) is 2.78. The summed E-state index contributed by atoms with van der Waals surface area (Å²) >= 11 is 0. The molecule has 1 aromatic heterocycles. The van der Waals surface area contributed by atoms with Gasteiger partial charge in [-0.3, -0.25) is 9.69 Å². The van der Waals surface area contributed by atoms with Crippen LogP contribution in [0.15, 0.2) is 10.9 Å². The first-order valence-corrected chi connectivity index (χ1v) is 6.54. The van der Waals surface area contributed by atoms with Crippen LogP contribution in [0, 0.1) is 12.8 Å². The molecule has 1 aliphatic carbocycles. The van der Waals surface area contributed by atoms with E-state index in [1.165, 1.54) is 25.8 Å². The molecule has 2 heterocycles. The number of nitrogens with zero attached hydrogens (tertiary/aromatic N) is 2. The summed E-state index contributed by atoms with van der Waals surface area (Å²) in [6.07, 6.45) is 5.13. The van der Waals surface area contributed by atoms with Crippen LogP contribution in [-0.2, 0) is 0 Å². The van der Waals surface area contributed by atoms with E-state index in [2.05, 4.69) is 14.9 Å². The summed E-state index contributed by atoms with van der Waals surface area (Å²) in [5, 5.41) is 0. The Hall–Kier alpha value is -1.16. The Kier molecular flexibility index (Phi) is 2.74. The Labute approximate surface area is 101 Å². The second kappa shape index (κ2) is 4.26. The van der Waals surface area contributed by atoms with Gasteiger partial charge >= 0.3 is 0 Å². The number of H-pyrrole nitrogens is 1. The van der Waals surface area contributed by atoms with Crippen molar-refractivity contribution < 1.29 is 0 Å². The van der Waals surface area contributed by atoms with Crippen LogP contribution in [0.5, 0.6) is 0 Å². The highest BCUT2D eigenvalue weighted by Gasteiger charge is 2.32. The summed E-state index contributed by atoms with van der Waals surface area (Å²) < 4.78 is 0. The third kappa shape index (κ3) is 2.41. The lowest BCUT2D eigenvalue weighted by Crippen LogP contribution is -2.27. The van der Waals surface area contributed by atoms with E-state index in [0.29, 0.717) is 6.04 Å². The second-order valence-electron chi connectivity index (χ2n) is 5.35. The van der Waals surface area contributed by atoms with Gasteiger partial charge in [-0.25, -0.2) is 4.98 Å². The van der Waals surface area contributed by atoms with E-state index < -0.39 is 0 Å². The Morgan fingerprint density at radius 1 is 1.47 bits per heavy atom. The van der Waals surface area contributed by atoms with E-state index in [1.54, 1.807) is 6.07 Å². The fourth-order valence-electron chi connectivity index (χ4n) is 2.78. The maximum Gasteiger partial charge on any atom is 0.251 e. The topological polar surface area (TPSA) is 49.0 Å². The summed E-state index contributed by atoms with van der Waals surface area (Å²) in [5.41, 5.74) is 0.940. The van der Waals surface area contributed by atoms with Crippen LogP contribution in [0.3, 0.4) is 0 Å². The lowest BCUT2D eigenvalue weighted by molar-refractivity contribution is 0.242. The minimum Gasteiger partial charge on any atom is -0.311 e. The number of rotatable bonds is 3. The van der Waals surface area contributed by atoms with Crippen LogP contribution in [0.4, 0.5) is 0 Å². The third-order valence-electron chi connectivity index (χ3n) is 3.77. The molecule has 0 radical (unpaired) electrons. The summed E-state index contributed by atoms with van der Waals surface area (Å²) in [6, 6.07) is 2.04. The van der Waals surface area contributed by atoms with Gasteiger partial charge in [-0.05, 0) is 45.1 Å². The molecule has 0 amide bonds. The number of aromatic nitrogens is 2. The lowest BCUT2D eigenvalue weighted by atomic mass is 10.1. The zero-order valence-electron chi connectivity index (χ0n) is 10.3. The molecule has 1 saturated carbocycles. The molecule has 0 unspecified atom stereocenters. The molecule has 3 rings (SSSR count). The van der Waals surface area contributed by atoms with Crippen LogP contribution < -0.4 is 5.56 Å². The molecule has 92 valence electrons. The van der Waals surface area contributed by atoms with Crippen LogP contribution in [0.1, 0.15) is 43.2 Å². The van der Waals surface area contributed by atoms with Gasteiger partial charge in [0.15, 0.2) is 0 Å². The highest BCUT2D eigenvalue weighted by atomic mass is 16.1. The normalized spacial score (nSPS) is 25.4. The monoisotopic (exact) mass is 233 g/mol. The molecule has 0 aromatic carbocycles. The van der Waals surface area contributed by atoms with E-state index in [9.17, 15) is 4.79 Å². The van der Waals surface area contributed by atoms with Crippen molar-refractivity contribution in [3.05, 3.63) is 27.9 Å². The summed E-state index contributed by atoms with van der Waals surface area (Å²) in [5.74, 6) is 1.63. The smallest absolute Gasteiger partial charge is 0.251 e. The number of nitrogens with one attached hydrogen (secondary N) is 1. The number of hydrogen-bond acceptors (Lipinski definition) is 3. The van der Waals surface area contributed by atoms with Crippen molar-refractivity contribution >= 4 is 0 Å². The average molecular weight is 233 g/mol.